The summed E-state index contributed by atoms with van der Waals surface area (Å²) in [5.74, 6) is -2.27. The molecular formula is C14H18ClF2N3O. The Morgan fingerprint density at radius 1 is 1.48 bits per heavy atom. The average Bonchev–Trinajstić information content (AvgIpc) is 2.83. The lowest BCUT2D eigenvalue weighted by molar-refractivity contribution is 0.0985. The van der Waals surface area contributed by atoms with Crippen molar-refractivity contribution in [2.24, 2.45) is 5.92 Å². The smallest absolute Gasteiger partial charge is 0.252 e. The van der Waals surface area contributed by atoms with Crippen LogP contribution in [0.1, 0.15) is 32.0 Å². The van der Waals surface area contributed by atoms with Gasteiger partial charge >= 0.3 is 0 Å². The minimum Gasteiger partial charge on any atom is -0.391 e. The molecule has 2 heterocycles. The summed E-state index contributed by atoms with van der Waals surface area (Å²) in [5.41, 5.74) is 0. The predicted molar refractivity (Wildman–Crippen MR) is 75.8 cm³/mol. The highest BCUT2D eigenvalue weighted by Crippen LogP contribution is 2.50. The summed E-state index contributed by atoms with van der Waals surface area (Å²) in [6.07, 6.45) is 1.23. The van der Waals surface area contributed by atoms with E-state index in [0.717, 1.165) is 6.42 Å². The van der Waals surface area contributed by atoms with Gasteiger partial charge in [0.1, 0.15) is 16.8 Å². The van der Waals surface area contributed by atoms with E-state index in [1.54, 1.807) is 6.07 Å². The van der Waals surface area contributed by atoms with E-state index >= 15 is 0 Å². The van der Waals surface area contributed by atoms with Crippen molar-refractivity contribution < 1.29 is 13.9 Å². The number of nitrogens with zero attached hydrogens (tertiary/aromatic N) is 3. The number of rotatable bonds is 4. The Hall–Kier alpha value is -1.01. The van der Waals surface area contributed by atoms with Crippen molar-refractivity contribution in [3.63, 3.8) is 0 Å². The largest absolute Gasteiger partial charge is 0.391 e. The Morgan fingerprint density at radius 3 is 2.81 bits per heavy atom. The van der Waals surface area contributed by atoms with Gasteiger partial charge in [-0.05, 0) is 12.8 Å². The van der Waals surface area contributed by atoms with Crippen LogP contribution < -0.4 is 4.90 Å². The van der Waals surface area contributed by atoms with E-state index in [0.29, 0.717) is 24.6 Å². The number of aromatic nitrogens is 2. The normalized spacial score (nSPS) is 30.7. The first-order valence-corrected chi connectivity index (χ1v) is 7.63. The Kier molecular flexibility index (Phi) is 3.78. The highest BCUT2D eigenvalue weighted by Gasteiger charge is 2.56. The Morgan fingerprint density at radius 2 is 2.19 bits per heavy atom. The van der Waals surface area contributed by atoms with Gasteiger partial charge in [0.05, 0.1) is 6.10 Å². The van der Waals surface area contributed by atoms with Gasteiger partial charge in [0.15, 0.2) is 0 Å². The van der Waals surface area contributed by atoms with Crippen LogP contribution in [0.25, 0.3) is 0 Å². The lowest BCUT2D eigenvalue weighted by atomic mass is 10.1. The van der Waals surface area contributed by atoms with Gasteiger partial charge in [0, 0.05) is 37.4 Å². The summed E-state index contributed by atoms with van der Waals surface area (Å²) >= 11 is 6.00. The molecule has 1 aromatic rings. The van der Waals surface area contributed by atoms with Crippen LogP contribution in [0, 0.1) is 5.92 Å². The molecule has 4 nitrogen and oxygen atoms in total. The molecule has 1 saturated carbocycles. The molecule has 0 spiro atoms. The highest BCUT2D eigenvalue weighted by molar-refractivity contribution is 6.29. The van der Waals surface area contributed by atoms with E-state index in [9.17, 15) is 13.9 Å². The Labute approximate surface area is 127 Å². The van der Waals surface area contributed by atoms with Crippen LogP contribution in [0.3, 0.4) is 0 Å². The molecule has 1 aliphatic heterocycles. The molecule has 1 saturated heterocycles. The van der Waals surface area contributed by atoms with Gasteiger partial charge in [0.2, 0.25) is 0 Å². The van der Waals surface area contributed by atoms with E-state index in [-0.39, 0.29) is 30.1 Å². The predicted octanol–water partition coefficient (Wildman–Crippen LogP) is 2.68. The fraction of sp³-hybridized carbons (Fsp3) is 0.714. The van der Waals surface area contributed by atoms with Gasteiger partial charge in [-0.15, -0.1) is 0 Å². The number of hydrogen-bond acceptors (Lipinski definition) is 4. The van der Waals surface area contributed by atoms with Gasteiger partial charge in [-0.2, -0.15) is 0 Å². The third-order valence-electron chi connectivity index (χ3n) is 4.27. The number of aliphatic hydroxyl groups excluding tert-OH is 1. The number of aliphatic hydroxyl groups is 1. The zero-order chi connectivity index (χ0) is 15.2. The van der Waals surface area contributed by atoms with E-state index < -0.39 is 11.8 Å². The van der Waals surface area contributed by atoms with Crippen LogP contribution in [-0.4, -0.2) is 39.7 Å². The standard InChI is InChI=1S/C14H18ClF2N3O/c1-2-9-4-10(21)7-20(9)13-5-11(15)18-12(19-13)3-8-6-14(8,16)17/h5,8-10,21H,2-4,6-7H2,1H3/t8?,9-,10+/m1/s1. The first kappa shape index (κ1) is 14.9. The summed E-state index contributed by atoms with van der Waals surface area (Å²) in [6.45, 7) is 2.54. The number of halogens is 3. The zero-order valence-electron chi connectivity index (χ0n) is 11.8. The summed E-state index contributed by atoms with van der Waals surface area (Å²) in [6, 6.07) is 1.83. The van der Waals surface area contributed by atoms with Gasteiger partial charge < -0.3 is 10.0 Å². The van der Waals surface area contributed by atoms with Crippen LogP contribution >= 0.6 is 11.6 Å². The maximum Gasteiger partial charge on any atom is 0.252 e. The first-order chi connectivity index (χ1) is 9.89. The molecule has 0 amide bonds. The third kappa shape index (κ3) is 3.11. The summed E-state index contributed by atoms with van der Waals surface area (Å²) in [5, 5.41) is 10.1. The quantitative estimate of drug-likeness (QED) is 0.867. The number of alkyl halides is 2. The molecule has 1 aliphatic carbocycles. The van der Waals surface area contributed by atoms with Crippen molar-refractivity contribution in [2.45, 2.75) is 50.7 Å². The second kappa shape index (κ2) is 5.32. The lowest BCUT2D eigenvalue weighted by Gasteiger charge is -2.24. The van der Waals surface area contributed by atoms with Crippen molar-refractivity contribution in [3.05, 3.63) is 17.0 Å². The fourth-order valence-corrected chi connectivity index (χ4v) is 3.16. The van der Waals surface area contributed by atoms with Crippen LogP contribution in [0.15, 0.2) is 6.07 Å². The molecule has 116 valence electrons. The molecule has 3 atom stereocenters. The molecule has 1 aromatic heterocycles. The minimum absolute atomic E-state index is 0.0990. The SMILES string of the molecule is CC[C@@H]1C[C@H](O)CN1c1cc(Cl)nc(CC2CC2(F)F)n1. The molecule has 0 aromatic carbocycles. The minimum atomic E-state index is -2.58. The molecule has 3 rings (SSSR count). The van der Waals surface area contributed by atoms with E-state index in [2.05, 4.69) is 9.97 Å². The molecule has 0 bridgehead atoms. The maximum atomic E-state index is 13.0. The molecule has 1 N–H and O–H groups in total. The third-order valence-corrected chi connectivity index (χ3v) is 4.46. The van der Waals surface area contributed by atoms with Gasteiger partial charge in [0.25, 0.3) is 5.92 Å². The van der Waals surface area contributed by atoms with E-state index in [1.807, 2.05) is 11.8 Å². The number of hydrogen-bond donors (Lipinski definition) is 1. The summed E-state index contributed by atoms with van der Waals surface area (Å²) in [7, 11) is 0. The monoisotopic (exact) mass is 317 g/mol. The van der Waals surface area contributed by atoms with Crippen LogP contribution in [-0.2, 0) is 6.42 Å². The van der Waals surface area contributed by atoms with Crippen molar-refractivity contribution in [3.8, 4) is 0 Å². The second-order valence-electron chi connectivity index (χ2n) is 5.94. The highest BCUT2D eigenvalue weighted by atomic mass is 35.5. The summed E-state index contributed by atoms with van der Waals surface area (Å²) in [4.78, 5) is 10.4. The molecule has 2 fully saturated rings. The number of β-amino-alcohol motifs (C(OH)–C–C–N with tert-alkyl or cyclic N) is 1. The Bertz CT molecular complexity index is 543. The second-order valence-corrected chi connectivity index (χ2v) is 6.32. The molecule has 21 heavy (non-hydrogen) atoms. The van der Waals surface area contributed by atoms with Gasteiger partial charge in [-0.3, -0.25) is 0 Å². The van der Waals surface area contributed by atoms with Crippen molar-refractivity contribution in [1.29, 1.82) is 0 Å². The fourth-order valence-electron chi connectivity index (χ4n) is 2.96. The van der Waals surface area contributed by atoms with Gasteiger partial charge in [-0.1, -0.05) is 18.5 Å². The Balaban J connectivity index is 1.81. The van der Waals surface area contributed by atoms with Crippen molar-refractivity contribution >= 4 is 17.4 Å². The molecule has 7 heteroatoms. The first-order valence-electron chi connectivity index (χ1n) is 7.25. The lowest BCUT2D eigenvalue weighted by Crippen LogP contribution is -2.30. The zero-order valence-corrected chi connectivity index (χ0v) is 12.5. The summed E-state index contributed by atoms with van der Waals surface area (Å²) < 4.78 is 26.0. The molecule has 2 aliphatic rings. The van der Waals surface area contributed by atoms with E-state index in [1.165, 1.54) is 0 Å². The van der Waals surface area contributed by atoms with Crippen molar-refractivity contribution in [1.82, 2.24) is 9.97 Å². The number of anilines is 1. The molecule has 0 radical (unpaired) electrons. The molecular weight excluding hydrogens is 300 g/mol. The average molecular weight is 318 g/mol. The topological polar surface area (TPSA) is 49.2 Å². The van der Waals surface area contributed by atoms with Gasteiger partial charge in [-0.25, -0.2) is 18.7 Å². The van der Waals surface area contributed by atoms with Crippen LogP contribution in [0.2, 0.25) is 5.15 Å². The van der Waals surface area contributed by atoms with Crippen LogP contribution in [0.5, 0.6) is 0 Å². The maximum absolute atomic E-state index is 13.0. The molecule has 1 unspecified atom stereocenters. The van der Waals surface area contributed by atoms with Crippen LogP contribution in [0.4, 0.5) is 14.6 Å². The van der Waals surface area contributed by atoms with E-state index in [4.69, 9.17) is 11.6 Å². The van der Waals surface area contributed by atoms with Crippen molar-refractivity contribution in [2.75, 3.05) is 11.4 Å².